The van der Waals surface area contributed by atoms with Crippen LogP contribution in [-0.2, 0) is 9.53 Å². The van der Waals surface area contributed by atoms with Gasteiger partial charge in [-0.25, -0.2) is 0 Å². The molecule has 1 saturated heterocycles. The van der Waals surface area contributed by atoms with Crippen molar-refractivity contribution in [3.63, 3.8) is 0 Å². The second-order valence-electron chi connectivity index (χ2n) is 4.27. The van der Waals surface area contributed by atoms with Gasteiger partial charge in [0.15, 0.2) is 5.84 Å². The van der Waals surface area contributed by atoms with E-state index in [9.17, 15) is 4.79 Å². The monoisotopic (exact) mass is 250 g/mol. The quantitative estimate of drug-likeness (QED) is 0.563. The van der Waals surface area contributed by atoms with Crippen molar-refractivity contribution in [1.82, 2.24) is 10.2 Å². The normalized spacial score (nSPS) is 22.8. The van der Waals surface area contributed by atoms with Gasteiger partial charge >= 0.3 is 0 Å². The first kappa shape index (κ1) is 12.6. The lowest BCUT2D eigenvalue weighted by Crippen LogP contribution is -2.50. The van der Waals surface area contributed by atoms with Gasteiger partial charge in [0.1, 0.15) is 5.57 Å². The molecule has 0 unspecified atom stereocenters. The summed E-state index contributed by atoms with van der Waals surface area (Å²) in [6.07, 6.45) is 4.71. The van der Waals surface area contributed by atoms with Gasteiger partial charge in [-0.1, -0.05) is 0 Å². The van der Waals surface area contributed by atoms with Crippen molar-refractivity contribution >= 4 is 17.7 Å². The van der Waals surface area contributed by atoms with Crippen LogP contribution in [0.15, 0.2) is 16.8 Å². The molecule has 0 bridgehead atoms. The minimum atomic E-state index is -0.316. The molecule has 2 rings (SSSR count). The van der Waals surface area contributed by atoms with Crippen molar-refractivity contribution in [2.45, 2.75) is 26.2 Å². The van der Waals surface area contributed by atoms with E-state index in [2.05, 4.69) is 10.3 Å². The Hall–Kier alpha value is -1.85. The first-order chi connectivity index (χ1) is 8.72. The average Bonchev–Trinajstić information content (AvgIpc) is 2.39. The number of aliphatic imine (C=N–C) groups is 1. The van der Waals surface area contributed by atoms with Crippen LogP contribution in [0.3, 0.4) is 0 Å². The van der Waals surface area contributed by atoms with Crippen LogP contribution in [0.25, 0.3) is 0 Å². The number of likely N-dealkylation sites (tertiary alicyclic amines) is 1. The fourth-order valence-electron chi connectivity index (χ4n) is 2.00. The number of amidine groups is 1. The topological polar surface area (TPSA) is 77.8 Å². The molecule has 1 fully saturated rings. The number of carbonyl (C=O) groups excluding carboxylic acids is 1. The number of guanidine groups is 1. The number of nitrogens with one attached hydrogen (secondary N) is 2. The van der Waals surface area contributed by atoms with Gasteiger partial charge in [-0.2, -0.15) is 4.99 Å². The minimum absolute atomic E-state index is 0.0345. The number of nitrogens with zero attached hydrogens (tertiary/aromatic N) is 2. The largest absolute Gasteiger partial charge is 0.501 e. The molecule has 2 N–H and O–H groups in total. The molecule has 2 aliphatic rings. The Labute approximate surface area is 106 Å². The Balaban J connectivity index is 2.12. The molecular weight excluding hydrogens is 232 g/mol. The minimum Gasteiger partial charge on any atom is -0.501 e. The highest BCUT2D eigenvalue weighted by atomic mass is 16.5. The van der Waals surface area contributed by atoms with E-state index in [1.807, 2.05) is 11.8 Å². The number of hydrogen-bond acceptors (Lipinski definition) is 4. The Kier molecular flexibility index (Phi) is 3.96. The third-order valence-electron chi connectivity index (χ3n) is 2.97. The highest BCUT2D eigenvalue weighted by Crippen LogP contribution is 2.12. The number of amides is 1. The summed E-state index contributed by atoms with van der Waals surface area (Å²) in [5.74, 6) is 0.148. The molecule has 0 atom stereocenters. The molecule has 1 amide bonds. The Morgan fingerprint density at radius 1 is 1.44 bits per heavy atom. The highest BCUT2D eigenvalue weighted by molar-refractivity contribution is 6.28. The number of carbonyl (C=O) groups is 1. The molecule has 0 aromatic carbocycles. The van der Waals surface area contributed by atoms with E-state index in [4.69, 9.17) is 10.1 Å². The summed E-state index contributed by atoms with van der Waals surface area (Å²) in [7, 11) is 0. The molecule has 0 spiro atoms. The maximum atomic E-state index is 11.9. The third-order valence-corrected chi connectivity index (χ3v) is 2.97. The number of rotatable bonds is 2. The summed E-state index contributed by atoms with van der Waals surface area (Å²) in [5, 5.41) is 10.5. The SMILES string of the molecule is CCOC=C1C(=N)N=C(N2CCCCC2)NC1=O. The van der Waals surface area contributed by atoms with E-state index < -0.39 is 0 Å². The summed E-state index contributed by atoms with van der Waals surface area (Å²) in [6, 6.07) is 0. The molecule has 18 heavy (non-hydrogen) atoms. The van der Waals surface area contributed by atoms with Crippen LogP contribution in [0.1, 0.15) is 26.2 Å². The molecule has 6 heteroatoms. The van der Waals surface area contributed by atoms with Gasteiger partial charge in [0.25, 0.3) is 5.91 Å². The van der Waals surface area contributed by atoms with Crippen LogP contribution >= 0.6 is 0 Å². The zero-order chi connectivity index (χ0) is 13.0. The first-order valence-electron chi connectivity index (χ1n) is 6.28. The molecule has 98 valence electrons. The van der Waals surface area contributed by atoms with Gasteiger partial charge in [0, 0.05) is 13.1 Å². The van der Waals surface area contributed by atoms with Crippen LogP contribution in [0.5, 0.6) is 0 Å². The van der Waals surface area contributed by atoms with E-state index >= 15 is 0 Å². The average molecular weight is 250 g/mol. The highest BCUT2D eigenvalue weighted by Gasteiger charge is 2.26. The van der Waals surface area contributed by atoms with Crippen molar-refractivity contribution in [2.75, 3.05) is 19.7 Å². The zero-order valence-corrected chi connectivity index (χ0v) is 10.5. The summed E-state index contributed by atoms with van der Waals surface area (Å²) in [5.41, 5.74) is 0.178. The van der Waals surface area contributed by atoms with Gasteiger partial charge in [-0.15, -0.1) is 0 Å². The van der Waals surface area contributed by atoms with Crippen LogP contribution < -0.4 is 5.32 Å². The van der Waals surface area contributed by atoms with Crippen LogP contribution in [-0.4, -0.2) is 42.3 Å². The summed E-state index contributed by atoms with van der Waals surface area (Å²) in [6.45, 7) is 4.06. The van der Waals surface area contributed by atoms with E-state index in [1.54, 1.807) is 0 Å². The Morgan fingerprint density at radius 2 is 2.17 bits per heavy atom. The fraction of sp³-hybridized carbons (Fsp3) is 0.583. The number of hydrogen-bond donors (Lipinski definition) is 2. The van der Waals surface area contributed by atoms with E-state index in [1.165, 1.54) is 12.7 Å². The van der Waals surface area contributed by atoms with Crippen molar-refractivity contribution in [3.05, 3.63) is 11.8 Å². The molecule has 6 nitrogen and oxygen atoms in total. The summed E-state index contributed by atoms with van der Waals surface area (Å²) < 4.78 is 5.05. The zero-order valence-electron chi connectivity index (χ0n) is 10.5. The van der Waals surface area contributed by atoms with E-state index in [0.29, 0.717) is 12.6 Å². The van der Waals surface area contributed by atoms with Gasteiger partial charge in [0.2, 0.25) is 5.96 Å². The van der Waals surface area contributed by atoms with Gasteiger partial charge in [-0.05, 0) is 26.2 Å². The lowest BCUT2D eigenvalue weighted by atomic mass is 10.1. The maximum Gasteiger partial charge on any atom is 0.264 e. The van der Waals surface area contributed by atoms with Gasteiger partial charge in [0.05, 0.1) is 12.9 Å². The van der Waals surface area contributed by atoms with Gasteiger partial charge in [-0.3, -0.25) is 15.5 Å². The van der Waals surface area contributed by atoms with Crippen molar-refractivity contribution in [1.29, 1.82) is 5.41 Å². The second kappa shape index (κ2) is 5.66. The number of ether oxygens (including phenoxy) is 1. The molecule has 2 aliphatic heterocycles. The lowest BCUT2D eigenvalue weighted by molar-refractivity contribution is -0.116. The Bertz CT molecular complexity index is 408. The summed E-state index contributed by atoms with van der Waals surface area (Å²) in [4.78, 5) is 18.0. The predicted octanol–water partition coefficient (Wildman–Crippen LogP) is 0.856. The maximum absolute atomic E-state index is 11.9. The van der Waals surface area contributed by atoms with Crippen LogP contribution in [0.4, 0.5) is 0 Å². The molecule has 2 heterocycles. The van der Waals surface area contributed by atoms with E-state index in [0.717, 1.165) is 25.9 Å². The van der Waals surface area contributed by atoms with Gasteiger partial charge < -0.3 is 9.64 Å². The Morgan fingerprint density at radius 3 is 2.78 bits per heavy atom. The first-order valence-corrected chi connectivity index (χ1v) is 6.28. The van der Waals surface area contributed by atoms with Crippen molar-refractivity contribution in [3.8, 4) is 0 Å². The molecular formula is C12H18N4O2. The standard InChI is InChI=1S/C12H18N4O2/c1-2-18-8-9-10(13)14-12(15-11(9)17)16-6-4-3-5-7-16/h8H,2-7H2,1H3,(H2,13,14,15,17). The van der Waals surface area contributed by atoms with Crippen molar-refractivity contribution in [2.24, 2.45) is 4.99 Å². The molecule has 0 radical (unpaired) electrons. The number of piperidine rings is 1. The van der Waals surface area contributed by atoms with E-state index in [-0.39, 0.29) is 17.3 Å². The lowest BCUT2D eigenvalue weighted by Gasteiger charge is -2.31. The molecule has 0 aliphatic carbocycles. The fourth-order valence-corrected chi connectivity index (χ4v) is 2.00. The smallest absolute Gasteiger partial charge is 0.264 e. The third kappa shape index (κ3) is 2.69. The molecule has 0 saturated carbocycles. The predicted molar refractivity (Wildman–Crippen MR) is 68.4 cm³/mol. The van der Waals surface area contributed by atoms with Crippen LogP contribution in [0, 0.1) is 5.41 Å². The second-order valence-corrected chi connectivity index (χ2v) is 4.27. The van der Waals surface area contributed by atoms with Crippen molar-refractivity contribution < 1.29 is 9.53 Å². The molecule has 0 aromatic heterocycles. The molecule has 0 aromatic rings. The van der Waals surface area contributed by atoms with Crippen LogP contribution in [0.2, 0.25) is 0 Å². The summed E-state index contributed by atoms with van der Waals surface area (Å²) >= 11 is 0.